The Morgan fingerprint density at radius 1 is 0.951 bits per heavy atom. The van der Waals surface area contributed by atoms with Crippen LogP contribution in [0.4, 0.5) is 5.69 Å². The van der Waals surface area contributed by atoms with Gasteiger partial charge in [0, 0.05) is 23.7 Å². The molecule has 0 N–H and O–H groups in total. The molecule has 0 radical (unpaired) electrons. The van der Waals surface area contributed by atoms with Crippen LogP contribution in [-0.2, 0) is 6.54 Å². The number of fused-ring (bicyclic) bond motifs is 1. The maximum atomic E-state index is 14.2. The lowest BCUT2D eigenvalue weighted by Gasteiger charge is -2.32. The van der Waals surface area contributed by atoms with Crippen LogP contribution in [0.2, 0.25) is 0 Å². The van der Waals surface area contributed by atoms with E-state index >= 15 is 0 Å². The first-order chi connectivity index (χ1) is 19.8. The molecule has 5 aromatic rings. The second-order valence-electron chi connectivity index (χ2n) is 10.1. The van der Waals surface area contributed by atoms with E-state index in [2.05, 4.69) is 0 Å². The van der Waals surface area contributed by atoms with Crippen molar-refractivity contribution in [2.24, 2.45) is 0 Å². The first kappa shape index (κ1) is 27.5. The van der Waals surface area contributed by atoms with E-state index in [-0.39, 0.29) is 29.3 Å². The minimum Gasteiger partial charge on any atom is -0.324 e. The zero-order valence-electron chi connectivity index (χ0n) is 23.2. The average Bonchev–Trinajstić information content (AvgIpc) is 2.97. The topological polar surface area (TPSA) is 98.3 Å². The number of nitro benzene ring substituents is 1. The zero-order valence-corrected chi connectivity index (χ0v) is 23.2. The lowest BCUT2D eigenvalue weighted by molar-refractivity contribution is -0.385. The lowest BCUT2D eigenvalue weighted by atomic mass is 10.0. The van der Waals surface area contributed by atoms with Crippen LogP contribution >= 0.6 is 0 Å². The summed E-state index contributed by atoms with van der Waals surface area (Å²) >= 11 is 0. The molecule has 1 heterocycles. The zero-order chi connectivity index (χ0) is 29.1. The van der Waals surface area contributed by atoms with Gasteiger partial charge in [0.2, 0.25) is 0 Å². The Hall–Kier alpha value is -5.11. The van der Waals surface area contributed by atoms with E-state index in [0.717, 1.165) is 11.1 Å². The van der Waals surface area contributed by atoms with Crippen LogP contribution in [0.25, 0.3) is 16.6 Å². The summed E-state index contributed by atoms with van der Waals surface area (Å²) in [6.07, 6.45) is 0.448. The predicted octanol–water partition coefficient (Wildman–Crippen LogP) is 6.70. The van der Waals surface area contributed by atoms with E-state index in [0.29, 0.717) is 34.4 Å². The van der Waals surface area contributed by atoms with E-state index < -0.39 is 11.0 Å². The van der Waals surface area contributed by atoms with E-state index in [1.807, 2.05) is 74.5 Å². The molecule has 1 atom stereocenters. The van der Waals surface area contributed by atoms with Crippen LogP contribution in [0.3, 0.4) is 0 Å². The number of carbonyl (C=O) groups excluding carboxylic acids is 1. The van der Waals surface area contributed by atoms with Gasteiger partial charge in [-0.2, -0.15) is 0 Å². The van der Waals surface area contributed by atoms with Crippen molar-refractivity contribution >= 4 is 22.5 Å². The third-order valence-corrected chi connectivity index (χ3v) is 7.23. The van der Waals surface area contributed by atoms with Gasteiger partial charge >= 0.3 is 0 Å². The van der Waals surface area contributed by atoms with Gasteiger partial charge in [-0.05, 0) is 61.7 Å². The third kappa shape index (κ3) is 5.49. The van der Waals surface area contributed by atoms with Gasteiger partial charge in [-0.1, -0.05) is 67.6 Å². The molecule has 0 fully saturated rings. The standard InChI is InChI=1S/C33H30N4O4/c1-4-29(31-34-28-16-9-8-15-27(28)33(39)36(31)26-14-10-11-22(2)19-26)35(21-24-12-6-5-7-13-24)32(38)25-18-17-23(3)30(20-25)37(40)41/h5-20,29H,4,21H2,1-3H3. The normalized spacial score (nSPS) is 11.8. The maximum absolute atomic E-state index is 14.2. The Labute approximate surface area is 237 Å². The number of hydrogen-bond donors (Lipinski definition) is 0. The van der Waals surface area contributed by atoms with Crippen molar-refractivity contribution in [3.8, 4) is 5.69 Å². The molecule has 0 aliphatic rings. The predicted molar refractivity (Wildman–Crippen MR) is 159 cm³/mol. The van der Waals surface area contributed by atoms with Crippen LogP contribution in [0.15, 0.2) is 102 Å². The molecule has 41 heavy (non-hydrogen) atoms. The van der Waals surface area contributed by atoms with Gasteiger partial charge in [-0.3, -0.25) is 24.3 Å². The molecule has 0 bridgehead atoms. The Kier molecular flexibility index (Phi) is 7.74. The highest BCUT2D eigenvalue weighted by Gasteiger charge is 2.31. The van der Waals surface area contributed by atoms with Gasteiger partial charge in [0.1, 0.15) is 5.82 Å². The number of amides is 1. The van der Waals surface area contributed by atoms with Gasteiger partial charge < -0.3 is 4.90 Å². The quantitative estimate of drug-likeness (QED) is 0.159. The molecule has 0 saturated carbocycles. The van der Waals surface area contributed by atoms with Crippen LogP contribution in [0, 0.1) is 24.0 Å². The van der Waals surface area contributed by atoms with E-state index in [1.54, 1.807) is 46.7 Å². The van der Waals surface area contributed by atoms with Gasteiger partial charge in [-0.25, -0.2) is 4.98 Å². The Balaban J connectivity index is 1.74. The molecule has 0 aliphatic carbocycles. The summed E-state index contributed by atoms with van der Waals surface area (Å²) in [6, 6.07) is 28.2. The Bertz CT molecular complexity index is 1810. The fourth-order valence-electron chi connectivity index (χ4n) is 5.14. The minimum atomic E-state index is -0.624. The SMILES string of the molecule is CCC(c1nc2ccccc2c(=O)n1-c1cccc(C)c1)N(Cc1ccccc1)C(=O)c1ccc(C)c([N+](=O)[O-])c1. The molecule has 4 aromatic carbocycles. The number of carbonyl (C=O) groups is 1. The number of aryl methyl sites for hydroxylation is 2. The first-order valence-corrected chi connectivity index (χ1v) is 13.5. The number of nitro groups is 1. The summed E-state index contributed by atoms with van der Waals surface area (Å²) < 4.78 is 1.59. The summed E-state index contributed by atoms with van der Waals surface area (Å²) in [6.45, 7) is 5.75. The maximum Gasteiger partial charge on any atom is 0.273 e. The second-order valence-corrected chi connectivity index (χ2v) is 10.1. The van der Waals surface area contributed by atoms with Crippen molar-refractivity contribution in [1.82, 2.24) is 14.5 Å². The largest absolute Gasteiger partial charge is 0.324 e. The van der Waals surface area contributed by atoms with Crippen LogP contribution in [0.5, 0.6) is 0 Å². The van der Waals surface area contributed by atoms with E-state index in [1.165, 1.54) is 6.07 Å². The number of benzene rings is 4. The number of para-hydroxylation sites is 1. The molecule has 1 unspecified atom stereocenters. The van der Waals surface area contributed by atoms with Crippen molar-refractivity contribution in [2.75, 3.05) is 0 Å². The molecule has 5 rings (SSSR count). The van der Waals surface area contributed by atoms with Crippen LogP contribution in [0.1, 0.15) is 52.3 Å². The molecule has 0 aliphatic heterocycles. The number of rotatable bonds is 8. The van der Waals surface area contributed by atoms with Gasteiger partial charge in [0.05, 0.1) is 27.6 Å². The van der Waals surface area contributed by atoms with Crippen molar-refractivity contribution in [1.29, 1.82) is 0 Å². The molecular weight excluding hydrogens is 516 g/mol. The van der Waals surface area contributed by atoms with Gasteiger partial charge in [0.25, 0.3) is 17.2 Å². The van der Waals surface area contributed by atoms with Crippen molar-refractivity contribution in [3.05, 3.63) is 146 Å². The first-order valence-electron chi connectivity index (χ1n) is 13.5. The summed E-state index contributed by atoms with van der Waals surface area (Å²) in [4.78, 5) is 46.1. The fraction of sp³-hybridized carbons (Fsp3) is 0.182. The molecule has 1 amide bonds. The van der Waals surface area contributed by atoms with Crippen molar-refractivity contribution in [2.45, 2.75) is 39.8 Å². The highest BCUT2D eigenvalue weighted by Crippen LogP contribution is 2.30. The third-order valence-electron chi connectivity index (χ3n) is 7.23. The lowest BCUT2D eigenvalue weighted by Crippen LogP contribution is -2.38. The van der Waals surface area contributed by atoms with E-state index in [9.17, 15) is 19.7 Å². The monoisotopic (exact) mass is 546 g/mol. The van der Waals surface area contributed by atoms with Crippen molar-refractivity contribution in [3.63, 3.8) is 0 Å². The number of nitrogens with zero attached hydrogens (tertiary/aromatic N) is 4. The highest BCUT2D eigenvalue weighted by atomic mass is 16.6. The molecule has 206 valence electrons. The average molecular weight is 547 g/mol. The smallest absolute Gasteiger partial charge is 0.273 e. The number of hydrogen-bond acceptors (Lipinski definition) is 5. The summed E-state index contributed by atoms with van der Waals surface area (Å²) in [5.41, 5.74) is 3.36. The molecule has 8 nitrogen and oxygen atoms in total. The van der Waals surface area contributed by atoms with Crippen molar-refractivity contribution < 1.29 is 9.72 Å². The molecule has 8 heteroatoms. The number of aromatic nitrogens is 2. The minimum absolute atomic E-state index is 0.121. The van der Waals surface area contributed by atoms with Gasteiger partial charge in [-0.15, -0.1) is 0 Å². The van der Waals surface area contributed by atoms with Crippen LogP contribution < -0.4 is 5.56 Å². The van der Waals surface area contributed by atoms with Crippen LogP contribution in [-0.4, -0.2) is 25.3 Å². The Morgan fingerprint density at radius 3 is 2.39 bits per heavy atom. The van der Waals surface area contributed by atoms with E-state index in [4.69, 9.17) is 4.98 Å². The highest BCUT2D eigenvalue weighted by molar-refractivity contribution is 5.95. The molecular formula is C33H30N4O4. The Morgan fingerprint density at radius 2 is 1.68 bits per heavy atom. The summed E-state index contributed by atoms with van der Waals surface area (Å²) in [5, 5.41) is 12.2. The van der Waals surface area contributed by atoms with Gasteiger partial charge in [0.15, 0.2) is 0 Å². The molecule has 1 aromatic heterocycles. The summed E-state index contributed by atoms with van der Waals surface area (Å²) in [5.74, 6) is 0.0368. The molecule has 0 spiro atoms. The fourth-order valence-corrected chi connectivity index (χ4v) is 5.14. The second kappa shape index (κ2) is 11.6. The summed E-state index contributed by atoms with van der Waals surface area (Å²) in [7, 11) is 0. The molecule has 0 saturated heterocycles.